The van der Waals surface area contributed by atoms with Crippen molar-refractivity contribution < 1.29 is 14.3 Å². The van der Waals surface area contributed by atoms with Crippen LogP contribution in [0.4, 0.5) is 5.82 Å². The molecule has 0 saturated carbocycles. The van der Waals surface area contributed by atoms with Gasteiger partial charge in [0.05, 0.1) is 5.56 Å². The van der Waals surface area contributed by atoms with Gasteiger partial charge in [0.15, 0.2) is 0 Å². The molecule has 0 aromatic carbocycles. The van der Waals surface area contributed by atoms with Crippen LogP contribution in [0.25, 0.3) is 0 Å². The molecule has 1 aromatic heterocycles. The fourth-order valence-electron chi connectivity index (χ4n) is 2.05. The van der Waals surface area contributed by atoms with Crippen molar-refractivity contribution in [1.29, 1.82) is 0 Å². The molecule has 1 fully saturated rings. The number of carbonyl (C=O) groups excluding carboxylic acids is 2. The number of pyridine rings is 1. The van der Waals surface area contributed by atoms with Crippen molar-refractivity contribution in [2.45, 2.75) is 12.8 Å². The van der Waals surface area contributed by atoms with Gasteiger partial charge in [0.1, 0.15) is 5.82 Å². The monoisotopic (exact) mass is 277 g/mol. The van der Waals surface area contributed by atoms with Crippen LogP contribution in [-0.4, -0.2) is 49.0 Å². The van der Waals surface area contributed by atoms with Crippen LogP contribution in [0.15, 0.2) is 18.3 Å². The summed E-state index contributed by atoms with van der Waals surface area (Å²) in [5.41, 5.74) is 0.497. The molecular formula is C14H19N3O3. The molecule has 1 aliphatic rings. The van der Waals surface area contributed by atoms with Crippen molar-refractivity contribution in [2.75, 3.05) is 32.6 Å². The maximum Gasteiger partial charge on any atom is 0.254 e. The minimum Gasteiger partial charge on any atom is -0.381 e. The average Bonchev–Trinajstić information content (AvgIpc) is 2.91. The highest BCUT2D eigenvalue weighted by Crippen LogP contribution is 2.17. The number of nitrogens with zero attached hydrogens (tertiary/aromatic N) is 2. The Morgan fingerprint density at radius 1 is 1.45 bits per heavy atom. The van der Waals surface area contributed by atoms with E-state index in [2.05, 4.69) is 10.3 Å². The molecule has 108 valence electrons. The van der Waals surface area contributed by atoms with Crippen molar-refractivity contribution in [2.24, 2.45) is 5.92 Å². The van der Waals surface area contributed by atoms with Crippen molar-refractivity contribution in [3.63, 3.8) is 0 Å². The van der Waals surface area contributed by atoms with E-state index in [1.54, 1.807) is 26.2 Å². The van der Waals surface area contributed by atoms with Gasteiger partial charge in [0.25, 0.3) is 5.91 Å². The Labute approximate surface area is 118 Å². The molecule has 6 heteroatoms. The number of carbonyl (C=O) groups is 2. The van der Waals surface area contributed by atoms with Gasteiger partial charge in [0.2, 0.25) is 5.91 Å². The zero-order valence-corrected chi connectivity index (χ0v) is 11.8. The van der Waals surface area contributed by atoms with Crippen LogP contribution < -0.4 is 5.32 Å². The Hall–Kier alpha value is -1.95. The van der Waals surface area contributed by atoms with Gasteiger partial charge in [-0.25, -0.2) is 4.98 Å². The molecule has 0 aliphatic carbocycles. The molecule has 2 amide bonds. The molecule has 1 atom stereocenters. The highest BCUT2D eigenvalue weighted by Gasteiger charge is 2.19. The summed E-state index contributed by atoms with van der Waals surface area (Å²) in [4.78, 5) is 29.1. The maximum atomic E-state index is 11.8. The van der Waals surface area contributed by atoms with Crippen molar-refractivity contribution in [3.8, 4) is 0 Å². The van der Waals surface area contributed by atoms with Crippen LogP contribution in [-0.2, 0) is 9.53 Å². The number of hydrogen-bond donors (Lipinski definition) is 1. The van der Waals surface area contributed by atoms with E-state index < -0.39 is 0 Å². The number of ether oxygens (including phenoxy) is 1. The Morgan fingerprint density at radius 3 is 2.80 bits per heavy atom. The SMILES string of the molecule is CN(C)C(=O)c1ccc(NC(=O)CC2CCOC2)nc1. The molecule has 1 aromatic rings. The lowest BCUT2D eigenvalue weighted by Gasteiger charge is -2.11. The lowest BCUT2D eigenvalue weighted by Crippen LogP contribution is -2.22. The molecule has 0 radical (unpaired) electrons. The van der Waals surface area contributed by atoms with Gasteiger partial charge < -0.3 is 15.0 Å². The first-order chi connectivity index (χ1) is 9.56. The van der Waals surface area contributed by atoms with Crippen LogP contribution in [0, 0.1) is 5.92 Å². The standard InChI is InChI=1S/C14H19N3O3/c1-17(2)14(19)11-3-4-12(15-8-11)16-13(18)7-10-5-6-20-9-10/h3-4,8,10H,5-7,9H2,1-2H3,(H,15,16,18). The summed E-state index contributed by atoms with van der Waals surface area (Å²) in [5.74, 6) is 0.576. The normalized spacial score (nSPS) is 17.8. The van der Waals surface area contributed by atoms with E-state index in [4.69, 9.17) is 4.74 Å². The summed E-state index contributed by atoms with van der Waals surface area (Å²) >= 11 is 0. The van der Waals surface area contributed by atoms with Gasteiger partial charge >= 0.3 is 0 Å². The second-order valence-electron chi connectivity index (χ2n) is 5.11. The minimum atomic E-state index is -0.113. The first-order valence-electron chi connectivity index (χ1n) is 6.61. The summed E-state index contributed by atoms with van der Waals surface area (Å²) in [6.45, 7) is 1.38. The first-order valence-corrected chi connectivity index (χ1v) is 6.61. The van der Waals surface area contributed by atoms with E-state index >= 15 is 0 Å². The van der Waals surface area contributed by atoms with Gasteiger partial charge in [-0.15, -0.1) is 0 Å². The molecule has 6 nitrogen and oxygen atoms in total. The summed E-state index contributed by atoms with van der Waals surface area (Å²) in [6.07, 6.45) is 2.84. The fraction of sp³-hybridized carbons (Fsp3) is 0.500. The first kappa shape index (κ1) is 14.5. The number of rotatable bonds is 4. The maximum absolute atomic E-state index is 11.8. The van der Waals surface area contributed by atoms with Gasteiger partial charge in [-0.1, -0.05) is 0 Å². The van der Waals surface area contributed by atoms with Gasteiger partial charge in [-0.05, 0) is 24.5 Å². The molecule has 20 heavy (non-hydrogen) atoms. The van der Waals surface area contributed by atoms with Gasteiger partial charge in [-0.3, -0.25) is 9.59 Å². The van der Waals surface area contributed by atoms with Crippen molar-refractivity contribution in [1.82, 2.24) is 9.88 Å². The topological polar surface area (TPSA) is 71.5 Å². The van der Waals surface area contributed by atoms with Gasteiger partial charge in [0, 0.05) is 39.9 Å². The molecule has 0 bridgehead atoms. The Balaban J connectivity index is 1.89. The Bertz CT molecular complexity index is 479. The predicted molar refractivity (Wildman–Crippen MR) is 74.4 cm³/mol. The second-order valence-corrected chi connectivity index (χ2v) is 5.11. The summed E-state index contributed by atoms with van der Waals surface area (Å²) < 4.78 is 5.23. The molecule has 1 N–H and O–H groups in total. The van der Waals surface area contributed by atoms with E-state index in [9.17, 15) is 9.59 Å². The zero-order chi connectivity index (χ0) is 14.5. The van der Waals surface area contributed by atoms with Crippen molar-refractivity contribution >= 4 is 17.6 Å². The van der Waals surface area contributed by atoms with Crippen LogP contribution in [0.3, 0.4) is 0 Å². The second kappa shape index (κ2) is 6.47. The summed E-state index contributed by atoms with van der Waals surface area (Å²) in [6, 6.07) is 3.30. The van der Waals surface area contributed by atoms with E-state index in [0.29, 0.717) is 30.3 Å². The number of amides is 2. The van der Waals surface area contributed by atoms with E-state index in [1.165, 1.54) is 11.1 Å². The predicted octanol–water partition coefficient (Wildman–Crippen LogP) is 1.15. The third kappa shape index (κ3) is 3.77. The average molecular weight is 277 g/mol. The number of aromatic nitrogens is 1. The van der Waals surface area contributed by atoms with E-state index in [1.807, 2.05) is 0 Å². The van der Waals surface area contributed by atoms with E-state index in [0.717, 1.165) is 13.0 Å². The Morgan fingerprint density at radius 2 is 2.25 bits per heavy atom. The number of nitrogens with one attached hydrogen (secondary N) is 1. The largest absolute Gasteiger partial charge is 0.381 e. The highest BCUT2D eigenvalue weighted by molar-refractivity contribution is 5.94. The van der Waals surface area contributed by atoms with Crippen LogP contribution >= 0.6 is 0 Å². The molecule has 1 saturated heterocycles. The lowest BCUT2D eigenvalue weighted by molar-refractivity contribution is -0.117. The fourth-order valence-corrected chi connectivity index (χ4v) is 2.05. The number of hydrogen-bond acceptors (Lipinski definition) is 4. The zero-order valence-electron chi connectivity index (χ0n) is 11.8. The summed E-state index contributed by atoms with van der Waals surface area (Å²) in [7, 11) is 3.36. The molecule has 0 spiro atoms. The van der Waals surface area contributed by atoms with Crippen LogP contribution in [0.5, 0.6) is 0 Å². The van der Waals surface area contributed by atoms with Crippen molar-refractivity contribution in [3.05, 3.63) is 23.9 Å². The third-order valence-corrected chi connectivity index (χ3v) is 3.18. The Kier molecular flexibility index (Phi) is 4.68. The molecular weight excluding hydrogens is 258 g/mol. The van der Waals surface area contributed by atoms with E-state index in [-0.39, 0.29) is 11.8 Å². The quantitative estimate of drug-likeness (QED) is 0.896. The third-order valence-electron chi connectivity index (χ3n) is 3.18. The molecule has 2 heterocycles. The van der Waals surface area contributed by atoms with Gasteiger partial charge in [-0.2, -0.15) is 0 Å². The highest BCUT2D eigenvalue weighted by atomic mass is 16.5. The minimum absolute atomic E-state index is 0.0697. The number of anilines is 1. The molecule has 1 unspecified atom stereocenters. The lowest BCUT2D eigenvalue weighted by atomic mass is 10.1. The smallest absolute Gasteiger partial charge is 0.254 e. The summed E-state index contributed by atoms with van der Waals surface area (Å²) in [5, 5.41) is 2.73. The van der Waals surface area contributed by atoms with Crippen LogP contribution in [0.1, 0.15) is 23.2 Å². The molecule has 2 rings (SSSR count). The van der Waals surface area contributed by atoms with Crippen LogP contribution in [0.2, 0.25) is 0 Å². The molecule has 1 aliphatic heterocycles.